The molecule has 0 bridgehead atoms. The first-order valence-electron chi connectivity index (χ1n) is 7.03. The summed E-state index contributed by atoms with van der Waals surface area (Å²) >= 11 is 0. The molecule has 2 rings (SSSR count). The predicted molar refractivity (Wildman–Crippen MR) is 83.8 cm³/mol. The average molecular weight is 301 g/mol. The van der Waals surface area contributed by atoms with Crippen LogP contribution < -0.4 is 10.6 Å². The quantitative estimate of drug-likeness (QED) is 0.908. The molecule has 0 aliphatic heterocycles. The third kappa shape index (κ3) is 3.52. The highest BCUT2D eigenvalue weighted by Gasteiger charge is 2.17. The lowest BCUT2D eigenvalue weighted by Gasteiger charge is -2.09. The van der Waals surface area contributed by atoms with Crippen LogP contribution in [0.2, 0.25) is 0 Å². The SMILES string of the molecule is Cc1noc(C)c1C(=O)Nc1ccc(NC(=O)C(C)C)cc1. The highest BCUT2D eigenvalue weighted by Crippen LogP contribution is 2.18. The van der Waals surface area contributed by atoms with Crippen molar-refractivity contribution in [3.63, 3.8) is 0 Å². The molecular weight excluding hydrogens is 282 g/mol. The Labute approximate surface area is 128 Å². The van der Waals surface area contributed by atoms with E-state index in [1.807, 2.05) is 13.8 Å². The summed E-state index contributed by atoms with van der Waals surface area (Å²) < 4.78 is 4.98. The minimum Gasteiger partial charge on any atom is -0.361 e. The van der Waals surface area contributed by atoms with Gasteiger partial charge in [0.05, 0.1) is 5.69 Å². The summed E-state index contributed by atoms with van der Waals surface area (Å²) in [7, 11) is 0. The summed E-state index contributed by atoms with van der Waals surface area (Å²) in [5.41, 5.74) is 2.31. The van der Waals surface area contributed by atoms with Gasteiger partial charge >= 0.3 is 0 Å². The lowest BCUT2D eigenvalue weighted by atomic mass is 10.2. The van der Waals surface area contributed by atoms with Gasteiger partial charge in [0, 0.05) is 17.3 Å². The van der Waals surface area contributed by atoms with Gasteiger partial charge in [-0.3, -0.25) is 9.59 Å². The molecule has 2 N–H and O–H groups in total. The largest absolute Gasteiger partial charge is 0.361 e. The fourth-order valence-corrected chi connectivity index (χ4v) is 1.92. The van der Waals surface area contributed by atoms with Crippen LogP contribution in [0.5, 0.6) is 0 Å². The molecule has 22 heavy (non-hydrogen) atoms. The van der Waals surface area contributed by atoms with E-state index in [0.717, 1.165) is 0 Å². The molecule has 0 atom stereocenters. The molecule has 1 aromatic carbocycles. The van der Waals surface area contributed by atoms with Crippen molar-refractivity contribution in [1.82, 2.24) is 5.16 Å². The maximum absolute atomic E-state index is 12.2. The number of rotatable bonds is 4. The van der Waals surface area contributed by atoms with Crippen LogP contribution in [-0.4, -0.2) is 17.0 Å². The number of amides is 2. The number of benzene rings is 1. The third-order valence-corrected chi connectivity index (χ3v) is 3.20. The van der Waals surface area contributed by atoms with Crippen molar-refractivity contribution in [2.75, 3.05) is 10.6 Å². The molecule has 0 aliphatic rings. The minimum atomic E-state index is -0.268. The zero-order valence-corrected chi connectivity index (χ0v) is 13.1. The number of hydrogen-bond donors (Lipinski definition) is 2. The molecule has 116 valence electrons. The normalized spacial score (nSPS) is 10.6. The highest BCUT2D eigenvalue weighted by atomic mass is 16.5. The monoisotopic (exact) mass is 301 g/mol. The Kier molecular flexibility index (Phi) is 4.60. The van der Waals surface area contributed by atoms with Crippen molar-refractivity contribution in [1.29, 1.82) is 0 Å². The van der Waals surface area contributed by atoms with Gasteiger partial charge in [0.1, 0.15) is 11.3 Å². The van der Waals surface area contributed by atoms with Crippen LogP contribution in [0.15, 0.2) is 28.8 Å². The first kappa shape index (κ1) is 15.8. The molecule has 0 spiro atoms. The Morgan fingerprint density at radius 3 is 2.05 bits per heavy atom. The molecule has 6 nitrogen and oxygen atoms in total. The first-order chi connectivity index (χ1) is 10.4. The summed E-state index contributed by atoms with van der Waals surface area (Å²) in [6.45, 7) is 7.07. The van der Waals surface area contributed by atoms with E-state index in [1.165, 1.54) is 0 Å². The van der Waals surface area contributed by atoms with E-state index >= 15 is 0 Å². The van der Waals surface area contributed by atoms with Gasteiger partial charge in [-0.15, -0.1) is 0 Å². The zero-order chi connectivity index (χ0) is 16.3. The molecule has 0 saturated carbocycles. The van der Waals surface area contributed by atoms with E-state index < -0.39 is 0 Å². The number of hydrogen-bond acceptors (Lipinski definition) is 4. The molecule has 1 aromatic heterocycles. The molecule has 0 fully saturated rings. The summed E-state index contributed by atoms with van der Waals surface area (Å²) in [4.78, 5) is 23.8. The fourth-order valence-electron chi connectivity index (χ4n) is 1.92. The summed E-state index contributed by atoms with van der Waals surface area (Å²) in [6.07, 6.45) is 0. The van der Waals surface area contributed by atoms with Gasteiger partial charge in [-0.2, -0.15) is 0 Å². The number of anilines is 2. The van der Waals surface area contributed by atoms with Crippen LogP contribution >= 0.6 is 0 Å². The van der Waals surface area contributed by atoms with E-state index in [0.29, 0.717) is 28.4 Å². The molecule has 2 aromatic rings. The number of aryl methyl sites for hydroxylation is 2. The number of carbonyl (C=O) groups is 2. The van der Waals surface area contributed by atoms with Crippen LogP contribution in [-0.2, 0) is 4.79 Å². The Balaban J connectivity index is 2.05. The van der Waals surface area contributed by atoms with E-state index in [4.69, 9.17) is 4.52 Å². The van der Waals surface area contributed by atoms with Gasteiger partial charge in [0.15, 0.2) is 0 Å². The lowest BCUT2D eigenvalue weighted by Crippen LogP contribution is -2.17. The standard InChI is InChI=1S/C16H19N3O3/c1-9(2)15(20)17-12-5-7-13(8-6-12)18-16(21)14-10(3)19-22-11(14)4/h5-9H,1-4H3,(H,17,20)(H,18,21). The van der Waals surface area contributed by atoms with Crippen molar-refractivity contribution in [2.24, 2.45) is 5.92 Å². The van der Waals surface area contributed by atoms with Crippen molar-refractivity contribution >= 4 is 23.2 Å². The smallest absolute Gasteiger partial charge is 0.261 e. The van der Waals surface area contributed by atoms with Crippen LogP contribution in [0.25, 0.3) is 0 Å². The van der Waals surface area contributed by atoms with Crippen LogP contribution in [0.1, 0.15) is 35.7 Å². The van der Waals surface area contributed by atoms with Crippen molar-refractivity contribution in [3.05, 3.63) is 41.3 Å². The maximum Gasteiger partial charge on any atom is 0.261 e. The maximum atomic E-state index is 12.2. The molecular formula is C16H19N3O3. The fraction of sp³-hybridized carbons (Fsp3) is 0.312. The summed E-state index contributed by atoms with van der Waals surface area (Å²) in [5.74, 6) is 0.0810. The third-order valence-electron chi connectivity index (χ3n) is 3.20. The summed E-state index contributed by atoms with van der Waals surface area (Å²) in [5, 5.41) is 9.33. The van der Waals surface area contributed by atoms with Crippen LogP contribution in [0, 0.1) is 19.8 Å². The number of aromatic nitrogens is 1. The second kappa shape index (κ2) is 6.43. The molecule has 1 heterocycles. The van der Waals surface area contributed by atoms with E-state index in [2.05, 4.69) is 15.8 Å². The van der Waals surface area contributed by atoms with Gasteiger partial charge < -0.3 is 15.2 Å². The average Bonchev–Trinajstić information content (AvgIpc) is 2.80. The molecule has 0 unspecified atom stereocenters. The molecule has 6 heteroatoms. The van der Waals surface area contributed by atoms with Gasteiger partial charge in [-0.25, -0.2) is 0 Å². The number of nitrogens with one attached hydrogen (secondary N) is 2. The Morgan fingerprint density at radius 1 is 1.05 bits per heavy atom. The second-order valence-electron chi connectivity index (χ2n) is 5.37. The van der Waals surface area contributed by atoms with Gasteiger partial charge in [-0.1, -0.05) is 19.0 Å². The topological polar surface area (TPSA) is 84.2 Å². The summed E-state index contributed by atoms with van der Waals surface area (Å²) in [6, 6.07) is 6.94. The Bertz CT molecular complexity index is 668. The predicted octanol–water partition coefficient (Wildman–Crippen LogP) is 3.14. The van der Waals surface area contributed by atoms with Gasteiger partial charge in [0.25, 0.3) is 5.91 Å². The molecule has 0 radical (unpaired) electrons. The van der Waals surface area contributed by atoms with Gasteiger partial charge in [-0.05, 0) is 38.1 Å². The minimum absolute atomic E-state index is 0.0486. The second-order valence-corrected chi connectivity index (χ2v) is 5.37. The molecule has 0 saturated heterocycles. The first-order valence-corrected chi connectivity index (χ1v) is 7.03. The number of carbonyl (C=O) groups excluding carboxylic acids is 2. The van der Waals surface area contributed by atoms with E-state index in [-0.39, 0.29) is 17.7 Å². The zero-order valence-electron chi connectivity index (χ0n) is 13.1. The Morgan fingerprint density at radius 2 is 1.59 bits per heavy atom. The number of nitrogens with zero attached hydrogens (tertiary/aromatic N) is 1. The van der Waals surface area contributed by atoms with Gasteiger partial charge in [0.2, 0.25) is 5.91 Å². The lowest BCUT2D eigenvalue weighted by molar-refractivity contribution is -0.118. The molecule has 2 amide bonds. The van der Waals surface area contributed by atoms with Crippen LogP contribution in [0.4, 0.5) is 11.4 Å². The van der Waals surface area contributed by atoms with E-state index in [1.54, 1.807) is 38.1 Å². The van der Waals surface area contributed by atoms with Crippen LogP contribution in [0.3, 0.4) is 0 Å². The van der Waals surface area contributed by atoms with E-state index in [9.17, 15) is 9.59 Å². The van der Waals surface area contributed by atoms with Crippen molar-refractivity contribution < 1.29 is 14.1 Å². The molecule has 0 aliphatic carbocycles. The highest BCUT2D eigenvalue weighted by molar-refractivity contribution is 6.05. The van der Waals surface area contributed by atoms with Crippen molar-refractivity contribution in [3.8, 4) is 0 Å². The van der Waals surface area contributed by atoms with Crippen molar-refractivity contribution in [2.45, 2.75) is 27.7 Å². The Hall–Kier alpha value is -2.63.